The molecule has 7 nitrogen and oxygen atoms in total. The Bertz CT molecular complexity index is 888. The molecule has 2 heterocycles. The molecule has 1 amide bonds. The van der Waals surface area contributed by atoms with E-state index in [2.05, 4.69) is 11.9 Å². The summed E-state index contributed by atoms with van der Waals surface area (Å²) in [4.78, 5) is 21.2. The van der Waals surface area contributed by atoms with Crippen molar-refractivity contribution in [1.29, 1.82) is 0 Å². The highest BCUT2D eigenvalue weighted by Gasteiger charge is 2.28. The van der Waals surface area contributed by atoms with Crippen LogP contribution in [0.25, 0.3) is 10.2 Å². The van der Waals surface area contributed by atoms with Crippen LogP contribution in [0.15, 0.2) is 24.3 Å². The standard InChI is InChI=1S/C20H30N4O3S2/c1-3-5-8-15-29(26,27)23-13-11-22(12-14-23)16-19(25)24(4-2)20-21-17-9-6-7-10-18(17)28-20/h6-7,9-10H,3-5,8,11-16H2,1-2H3. The molecule has 3 rings (SSSR count). The van der Waals surface area contributed by atoms with Crippen LogP contribution in [0.4, 0.5) is 5.13 Å². The molecule has 160 valence electrons. The molecule has 2 aromatic rings. The number of sulfonamides is 1. The van der Waals surface area contributed by atoms with Crippen LogP contribution in [0.1, 0.15) is 33.1 Å². The highest BCUT2D eigenvalue weighted by atomic mass is 32.2. The number of aromatic nitrogens is 1. The predicted molar refractivity (Wildman–Crippen MR) is 119 cm³/mol. The average molecular weight is 439 g/mol. The number of carbonyl (C=O) groups is 1. The lowest BCUT2D eigenvalue weighted by molar-refractivity contribution is -0.120. The fourth-order valence-electron chi connectivity index (χ4n) is 3.50. The minimum atomic E-state index is -3.18. The second-order valence-electron chi connectivity index (χ2n) is 7.30. The fourth-order valence-corrected chi connectivity index (χ4v) is 6.09. The predicted octanol–water partition coefficient (Wildman–Crippen LogP) is 2.79. The van der Waals surface area contributed by atoms with Crippen molar-refractivity contribution in [3.63, 3.8) is 0 Å². The number of unbranched alkanes of at least 4 members (excludes halogenated alkanes) is 2. The number of para-hydroxylation sites is 1. The van der Waals surface area contributed by atoms with Crippen molar-refractivity contribution >= 4 is 42.6 Å². The van der Waals surface area contributed by atoms with Gasteiger partial charge in [-0.2, -0.15) is 4.31 Å². The number of fused-ring (bicyclic) bond motifs is 1. The van der Waals surface area contributed by atoms with Crippen LogP contribution in [0.3, 0.4) is 0 Å². The van der Waals surface area contributed by atoms with Crippen molar-refractivity contribution in [2.45, 2.75) is 33.1 Å². The van der Waals surface area contributed by atoms with Crippen LogP contribution in [0.2, 0.25) is 0 Å². The van der Waals surface area contributed by atoms with Gasteiger partial charge in [0, 0.05) is 32.7 Å². The third kappa shape index (κ3) is 5.53. The van der Waals surface area contributed by atoms with Gasteiger partial charge in [0.15, 0.2) is 5.13 Å². The molecule has 1 aliphatic rings. The van der Waals surface area contributed by atoms with Crippen molar-refractivity contribution in [2.75, 3.05) is 49.9 Å². The maximum absolute atomic E-state index is 12.9. The van der Waals surface area contributed by atoms with E-state index in [1.165, 1.54) is 11.3 Å². The van der Waals surface area contributed by atoms with Gasteiger partial charge < -0.3 is 0 Å². The maximum atomic E-state index is 12.9. The van der Waals surface area contributed by atoms with Crippen molar-refractivity contribution in [3.8, 4) is 0 Å². The molecule has 1 saturated heterocycles. The average Bonchev–Trinajstić information content (AvgIpc) is 3.12. The largest absolute Gasteiger partial charge is 0.292 e. The zero-order valence-corrected chi connectivity index (χ0v) is 18.8. The molecule has 1 aliphatic heterocycles. The molecule has 0 bridgehead atoms. The fraction of sp³-hybridized carbons (Fsp3) is 0.600. The quantitative estimate of drug-likeness (QED) is 0.563. The summed E-state index contributed by atoms with van der Waals surface area (Å²) in [7, 11) is -3.18. The van der Waals surface area contributed by atoms with Crippen LogP contribution in [-0.4, -0.2) is 73.5 Å². The number of likely N-dealkylation sites (N-methyl/N-ethyl adjacent to an activating group) is 1. The van der Waals surface area contributed by atoms with Crippen molar-refractivity contribution in [3.05, 3.63) is 24.3 Å². The van der Waals surface area contributed by atoms with E-state index in [-0.39, 0.29) is 18.2 Å². The van der Waals surface area contributed by atoms with Gasteiger partial charge in [0.25, 0.3) is 0 Å². The van der Waals surface area contributed by atoms with E-state index in [1.54, 1.807) is 9.21 Å². The molecule has 0 unspecified atom stereocenters. The monoisotopic (exact) mass is 438 g/mol. The maximum Gasteiger partial charge on any atom is 0.242 e. The van der Waals surface area contributed by atoms with Crippen LogP contribution in [0.5, 0.6) is 0 Å². The van der Waals surface area contributed by atoms with Gasteiger partial charge in [-0.25, -0.2) is 13.4 Å². The molecule has 9 heteroatoms. The summed E-state index contributed by atoms with van der Waals surface area (Å²) in [6, 6.07) is 7.88. The van der Waals surface area contributed by atoms with Crippen molar-refractivity contribution in [1.82, 2.24) is 14.2 Å². The van der Waals surface area contributed by atoms with Crippen molar-refractivity contribution in [2.24, 2.45) is 0 Å². The Hall–Kier alpha value is -1.55. The summed E-state index contributed by atoms with van der Waals surface area (Å²) in [5, 5.41) is 0.718. The number of nitrogens with zero attached hydrogens (tertiary/aromatic N) is 4. The van der Waals surface area contributed by atoms with Crippen LogP contribution in [0, 0.1) is 0 Å². The molecule has 0 radical (unpaired) electrons. The molecule has 0 N–H and O–H groups in total. The topological polar surface area (TPSA) is 73.8 Å². The SMILES string of the molecule is CCCCCS(=O)(=O)N1CCN(CC(=O)N(CC)c2nc3ccccc3s2)CC1. The zero-order chi connectivity index (χ0) is 20.9. The third-order valence-corrected chi connectivity index (χ3v) is 8.24. The highest BCUT2D eigenvalue weighted by molar-refractivity contribution is 7.89. The molecule has 0 atom stereocenters. The van der Waals surface area contributed by atoms with Gasteiger partial charge in [-0.3, -0.25) is 14.6 Å². The summed E-state index contributed by atoms with van der Waals surface area (Å²) in [6.07, 6.45) is 2.66. The molecule has 29 heavy (non-hydrogen) atoms. The summed E-state index contributed by atoms with van der Waals surface area (Å²) < 4.78 is 27.5. The van der Waals surface area contributed by atoms with Gasteiger partial charge in [-0.05, 0) is 25.5 Å². The first-order chi connectivity index (χ1) is 13.9. The minimum absolute atomic E-state index is 0.00538. The lowest BCUT2D eigenvalue weighted by atomic mass is 10.3. The number of piperazine rings is 1. The molecule has 0 saturated carbocycles. The van der Waals surface area contributed by atoms with Crippen molar-refractivity contribution < 1.29 is 13.2 Å². The minimum Gasteiger partial charge on any atom is -0.292 e. The van der Waals surface area contributed by atoms with E-state index >= 15 is 0 Å². The zero-order valence-electron chi connectivity index (χ0n) is 17.2. The molecule has 0 aliphatic carbocycles. The normalized spacial score (nSPS) is 16.3. The van der Waals surface area contributed by atoms with E-state index in [1.807, 2.05) is 36.1 Å². The second kappa shape index (κ2) is 9.97. The summed E-state index contributed by atoms with van der Waals surface area (Å²) >= 11 is 1.52. The van der Waals surface area contributed by atoms with Crippen LogP contribution < -0.4 is 4.90 Å². The Labute approximate surface area is 177 Å². The Balaban J connectivity index is 1.55. The van der Waals surface area contributed by atoms with Gasteiger partial charge in [0.2, 0.25) is 15.9 Å². The van der Waals surface area contributed by atoms with Gasteiger partial charge in [0.05, 0.1) is 22.5 Å². The number of carbonyl (C=O) groups excluding carboxylic acids is 1. The van der Waals surface area contributed by atoms with Gasteiger partial charge in [0.1, 0.15) is 0 Å². The number of rotatable bonds is 9. The highest BCUT2D eigenvalue weighted by Crippen LogP contribution is 2.28. The van der Waals surface area contributed by atoms with E-state index in [4.69, 9.17) is 0 Å². The summed E-state index contributed by atoms with van der Waals surface area (Å²) in [5.74, 6) is 0.229. The first-order valence-electron chi connectivity index (χ1n) is 10.3. The van der Waals surface area contributed by atoms with Gasteiger partial charge >= 0.3 is 0 Å². The lowest BCUT2D eigenvalue weighted by Gasteiger charge is -2.34. The molecule has 1 aromatic heterocycles. The first-order valence-corrected chi connectivity index (χ1v) is 12.7. The molecule has 1 fully saturated rings. The Morgan fingerprint density at radius 1 is 1.14 bits per heavy atom. The number of anilines is 1. The molecular weight excluding hydrogens is 408 g/mol. The van der Waals surface area contributed by atoms with E-state index in [0.717, 1.165) is 28.2 Å². The lowest BCUT2D eigenvalue weighted by Crippen LogP contribution is -2.52. The number of thiazole rings is 1. The molecule has 1 aromatic carbocycles. The summed E-state index contributed by atoms with van der Waals surface area (Å²) in [5.41, 5.74) is 0.903. The second-order valence-corrected chi connectivity index (χ2v) is 10.4. The molecular formula is C20H30N4O3S2. The van der Waals surface area contributed by atoms with E-state index in [0.29, 0.717) is 39.1 Å². The number of hydrogen-bond acceptors (Lipinski definition) is 6. The number of amides is 1. The number of hydrogen-bond donors (Lipinski definition) is 0. The smallest absolute Gasteiger partial charge is 0.242 e. The van der Waals surface area contributed by atoms with E-state index < -0.39 is 10.0 Å². The Kier molecular flexibility index (Phi) is 7.61. The summed E-state index contributed by atoms with van der Waals surface area (Å²) in [6.45, 7) is 6.93. The van der Waals surface area contributed by atoms with E-state index in [9.17, 15) is 13.2 Å². The van der Waals surface area contributed by atoms with Gasteiger partial charge in [-0.15, -0.1) is 0 Å². The Morgan fingerprint density at radius 3 is 2.52 bits per heavy atom. The van der Waals surface area contributed by atoms with Gasteiger partial charge in [-0.1, -0.05) is 43.2 Å². The van der Waals surface area contributed by atoms with Crippen LogP contribution in [-0.2, 0) is 14.8 Å². The Morgan fingerprint density at radius 2 is 1.86 bits per heavy atom. The molecule has 0 spiro atoms. The first kappa shape index (κ1) is 22.1. The third-order valence-electron chi connectivity index (χ3n) is 5.22. The van der Waals surface area contributed by atoms with Crippen LogP contribution >= 0.6 is 11.3 Å². The number of benzene rings is 1.